The van der Waals surface area contributed by atoms with Gasteiger partial charge in [-0.05, 0) is 13.0 Å². The van der Waals surface area contributed by atoms with Gasteiger partial charge in [0, 0.05) is 12.7 Å². The Hall–Kier alpha value is -1.52. The molecule has 0 fully saturated rings. The van der Waals surface area contributed by atoms with Gasteiger partial charge in [-0.25, -0.2) is 4.79 Å². The molecule has 0 saturated carbocycles. The van der Waals surface area contributed by atoms with Crippen LogP contribution in [-0.4, -0.2) is 75.2 Å². The fraction of sp³-hybridized carbons (Fsp3) is 0.692. The molecule has 1 unspecified atom stereocenters. The van der Waals surface area contributed by atoms with E-state index in [1.165, 1.54) is 0 Å². The van der Waals surface area contributed by atoms with E-state index in [9.17, 15) is 14.7 Å². The summed E-state index contributed by atoms with van der Waals surface area (Å²) in [5.74, 6) is -2.13. The highest BCUT2D eigenvalue weighted by Gasteiger charge is 2.01. The van der Waals surface area contributed by atoms with Gasteiger partial charge in [0.1, 0.15) is 0 Å². The lowest BCUT2D eigenvalue weighted by atomic mass is 10.5. The number of esters is 1. The van der Waals surface area contributed by atoms with E-state index in [4.69, 9.17) is 24.4 Å². The maximum Gasteiger partial charge on any atom is 0.330 e. The summed E-state index contributed by atoms with van der Waals surface area (Å²) >= 11 is 0. The van der Waals surface area contributed by atoms with Crippen molar-refractivity contribution in [2.45, 2.75) is 13.2 Å². The summed E-state index contributed by atoms with van der Waals surface area (Å²) in [5.41, 5.74) is 0. The Balaban J connectivity index is 0. The topological polar surface area (TPSA) is 135 Å². The number of carbonyl (C=O) groups is 2. The largest absolute Gasteiger partial charge is 0.545 e. The number of carbonyl (C=O) groups excluding carboxylic acids is 2. The maximum absolute atomic E-state index is 10.1. The molecule has 0 bridgehead atoms. The summed E-state index contributed by atoms with van der Waals surface area (Å²) < 4.78 is 18.8. The van der Waals surface area contributed by atoms with Crippen molar-refractivity contribution in [2.24, 2.45) is 0 Å². The molecular formula is C13H23O9-. The molecule has 130 valence electrons. The Kier molecular flexibility index (Phi) is 18.1. The predicted octanol–water partition coefficient (Wildman–Crippen LogP) is -2.17. The molecule has 0 aromatic rings. The third-order valence-electron chi connectivity index (χ3n) is 1.78. The summed E-state index contributed by atoms with van der Waals surface area (Å²) in [6.45, 7) is 3.55. The molecule has 0 heterocycles. The standard InChI is InChI=1S/C8H18O5.C5H6O4/c1-2-13-8(10)7-12-6-5-11-4-3-9;1-9-5(8)3-2-4(6)7/h8-10H,2-7H2,1H3;2-3H,1H3,(H,6,7)/p-1/b;3-2+. The predicted molar refractivity (Wildman–Crippen MR) is 72.5 cm³/mol. The Morgan fingerprint density at radius 1 is 1.18 bits per heavy atom. The molecule has 0 aromatic carbocycles. The fourth-order valence-electron chi connectivity index (χ4n) is 0.913. The van der Waals surface area contributed by atoms with Crippen molar-refractivity contribution in [3.63, 3.8) is 0 Å². The fourth-order valence-corrected chi connectivity index (χ4v) is 0.913. The second-order valence-electron chi connectivity index (χ2n) is 3.50. The first-order chi connectivity index (χ1) is 10.5. The lowest BCUT2D eigenvalue weighted by Gasteiger charge is -2.10. The minimum Gasteiger partial charge on any atom is -0.545 e. The molecule has 0 rings (SSSR count). The monoisotopic (exact) mass is 323 g/mol. The van der Waals surface area contributed by atoms with Crippen LogP contribution in [0, 0.1) is 0 Å². The van der Waals surface area contributed by atoms with Gasteiger partial charge in [0.25, 0.3) is 0 Å². The molecule has 2 N–H and O–H groups in total. The Bertz CT molecular complexity index is 304. The first-order valence-electron chi connectivity index (χ1n) is 6.50. The molecule has 22 heavy (non-hydrogen) atoms. The van der Waals surface area contributed by atoms with Crippen LogP contribution >= 0.6 is 0 Å². The van der Waals surface area contributed by atoms with Gasteiger partial charge in [0.05, 0.1) is 46.1 Å². The van der Waals surface area contributed by atoms with Crippen molar-refractivity contribution in [3.05, 3.63) is 12.2 Å². The van der Waals surface area contributed by atoms with Gasteiger partial charge in [-0.3, -0.25) is 0 Å². The van der Waals surface area contributed by atoms with Crippen LogP contribution in [0.3, 0.4) is 0 Å². The van der Waals surface area contributed by atoms with E-state index in [2.05, 4.69) is 4.74 Å². The Morgan fingerprint density at radius 3 is 2.32 bits per heavy atom. The van der Waals surface area contributed by atoms with E-state index in [0.29, 0.717) is 32.5 Å². The van der Waals surface area contributed by atoms with E-state index >= 15 is 0 Å². The molecule has 0 aliphatic carbocycles. The molecule has 0 radical (unpaired) electrons. The minimum absolute atomic E-state index is 0.0154. The van der Waals surface area contributed by atoms with Gasteiger partial charge in [-0.1, -0.05) is 0 Å². The highest BCUT2D eigenvalue weighted by atomic mass is 16.6. The lowest BCUT2D eigenvalue weighted by molar-refractivity contribution is -0.297. The average molecular weight is 323 g/mol. The molecule has 0 saturated heterocycles. The molecule has 0 aliphatic rings. The third-order valence-corrected chi connectivity index (χ3v) is 1.78. The molecule has 9 heteroatoms. The summed E-state index contributed by atoms with van der Waals surface area (Å²) in [6.07, 6.45) is 0.518. The first-order valence-corrected chi connectivity index (χ1v) is 6.50. The van der Waals surface area contributed by atoms with Crippen LogP contribution in [0.4, 0.5) is 0 Å². The van der Waals surface area contributed by atoms with Crippen LogP contribution in [0.5, 0.6) is 0 Å². The summed E-state index contributed by atoms with van der Waals surface area (Å²) in [4.78, 5) is 19.7. The summed E-state index contributed by atoms with van der Waals surface area (Å²) in [5, 5.41) is 27.0. The lowest BCUT2D eigenvalue weighted by Crippen LogP contribution is -2.20. The minimum atomic E-state index is -1.42. The number of aliphatic hydroxyl groups is 2. The normalized spacial score (nSPS) is 11.6. The number of aliphatic carboxylic acids is 1. The number of carboxylic acid groups (broad SMARTS) is 1. The van der Waals surface area contributed by atoms with Gasteiger partial charge in [-0.2, -0.15) is 0 Å². The van der Waals surface area contributed by atoms with E-state index in [1.54, 1.807) is 6.92 Å². The van der Waals surface area contributed by atoms with Crippen LogP contribution in [0.1, 0.15) is 6.92 Å². The van der Waals surface area contributed by atoms with E-state index in [-0.39, 0.29) is 13.2 Å². The van der Waals surface area contributed by atoms with E-state index < -0.39 is 18.2 Å². The number of carboxylic acids is 1. The highest BCUT2D eigenvalue weighted by Crippen LogP contribution is 1.88. The zero-order valence-electron chi connectivity index (χ0n) is 12.7. The molecule has 9 nitrogen and oxygen atoms in total. The average Bonchev–Trinajstić information content (AvgIpc) is 2.49. The van der Waals surface area contributed by atoms with Crippen molar-refractivity contribution < 1.29 is 43.9 Å². The molecular weight excluding hydrogens is 300 g/mol. The van der Waals surface area contributed by atoms with Gasteiger partial charge >= 0.3 is 5.97 Å². The molecule has 0 aromatic heterocycles. The number of hydrogen-bond donors (Lipinski definition) is 2. The van der Waals surface area contributed by atoms with Crippen molar-refractivity contribution >= 4 is 11.9 Å². The number of hydrogen-bond acceptors (Lipinski definition) is 9. The van der Waals surface area contributed by atoms with Crippen molar-refractivity contribution in [2.75, 3.05) is 46.8 Å². The van der Waals surface area contributed by atoms with Crippen molar-refractivity contribution in [1.29, 1.82) is 0 Å². The number of methoxy groups -OCH3 is 1. The molecule has 0 aliphatic heterocycles. The van der Waals surface area contributed by atoms with Crippen molar-refractivity contribution in [3.8, 4) is 0 Å². The summed E-state index contributed by atoms with van der Waals surface area (Å²) in [7, 11) is 1.15. The van der Waals surface area contributed by atoms with Crippen LogP contribution < -0.4 is 5.11 Å². The Labute approximate surface area is 129 Å². The van der Waals surface area contributed by atoms with Gasteiger partial charge in [-0.15, -0.1) is 0 Å². The smallest absolute Gasteiger partial charge is 0.330 e. The second-order valence-corrected chi connectivity index (χ2v) is 3.50. The van der Waals surface area contributed by atoms with Gasteiger partial charge in [0.15, 0.2) is 6.29 Å². The number of rotatable bonds is 11. The SMILES string of the molecule is CCOC(O)COCCOCCO.COC(=O)/C=C/C(=O)[O-]. The maximum atomic E-state index is 10.1. The highest BCUT2D eigenvalue weighted by molar-refractivity contribution is 5.89. The van der Waals surface area contributed by atoms with Crippen LogP contribution in [0.2, 0.25) is 0 Å². The van der Waals surface area contributed by atoms with Crippen molar-refractivity contribution in [1.82, 2.24) is 0 Å². The van der Waals surface area contributed by atoms with Gasteiger partial charge < -0.3 is 39.1 Å². The molecule has 0 spiro atoms. The van der Waals surface area contributed by atoms with Crippen LogP contribution in [-0.2, 0) is 28.5 Å². The third kappa shape index (κ3) is 20.8. The molecule has 0 amide bonds. The van der Waals surface area contributed by atoms with Gasteiger partial charge in [0.2, 0.25) is 0 Å². The van der Waals surface area contributed by atoms with E-state index in [0.717, 1.165) is 13.2 Å². The number of aliphatic hydroxyl groups excluding tert-OH is 2. The molecule has 1 atom stereocenters. The summed E-state index contributed by atoms with van der Waals surface area (Å²) in [6, 6.07) is 0. The quantitative estimate of drug-likeness (QED) is 0.188. The first kappa shape index (κ1) is 22.8. The number of ether oxygens (including phenoxy) is 4. The Morgan fingerprint density at radius 2 is 1.82 bits per heavy atom. The zero-order chi connectivity index (χ0) is 17.2. The van der Waals surface area contributed by atoms with E-state index in [1.807, 2.05) is 0 Å². The zero-order valence-corrected chi connectivity index (χ0v) is 12.7. The van der Waals surface area contributed by atoms with Crippen LogP contribution in [0.25, 0.3) is 0 Å². The van der Waals surface area contributed by atoms with Crippen LogP contribution in [0.15, 0.2) is 12.2 Å². The second kappa shape index (κ2) is 17.5.